The number of H-pyrrole nitrogens is 1. The van der Waals surface area contributed by atoms with Crippen LogP contribution in [0.15, 0.2) is 29.3 Å². The lowest BCUT2D eigenvalue weighted by molar-refractivity contribution is 0.0195. The summed E-state index contributed by atoms with van der Waals surface area (Å²) in [7, 11) is 0. The predicted octanol–water partition coefficient (Wildman–Crippen LogP) is 5.68. The smallest absolute Gasteiger partial charge is 0.428 e. The number of nitrogens with one attached hydrogen (secondary N) is 1. The summed E-state index contributed by atoms with van der Waals surface area (Å²) in [6, 6.07) is 6.77. The fourth-order valence-electron chi connectivity index (χ4n) is 3.34. The lowest BCUT2D eigenvalue weighted by atomic mass is 9.81. The van der Waals surface area contributed by atoms with Crippen LogP contribution >= 0.6 is 11.6 Å². The Balaban J connectivity index is 2.10. The molecule has 3 rings (SSSR count). The molecule has 2 unspecified atom stereocenters. The Morgan fingerprint density at radius 2 is 2.07 bits per heavy atom. The van der Waals surface area contributed by atoms with E-state index in [0.717, 1.165) is 17.7 Å². The molecule has 0 amide bonds. The van der Waals surface area contributed by atoms with Gasteiger partial charge in [-0.3, -0.25) is 5.10 Å². The Hall–Kier alpha value is -2.85. The van der Waals surface area contributed by atoms with Gasteiger partial charge in [0.15, 0.2) is 5.82 Å². The normalized spacial score (nSPS) is 18.4. The van der Waals surface area contributed by atoms with Gasteiger partial charge in [0.05, 0.1) is 5.56 Å². The van der Waals surface area contributed by atoms with Crippen molar-refractivity contribution in [1.29, 1.82) is 0 Å². The van der Waals surface area contributed by atoms with E-state index in [1.54, 1.807) is 26.8 Å². The van der Waals surface area contributed by atoms with E-state index in [-0.39, 0.29) is 5.88 Å². The van der Waals surface area contributed by atoms with Gasteiger partial charge in [0.1, 0.15) is 17.2 Å². The molecule has 0 bridgehead atoms. The summed E-state index contributed by atoms with van der Waals surface area (Å²) in [6.45, 7) is 15.1. The van der Waals surface area contributed by atoms with E-state index >= 15 is 0 Å². The molecular formula is C21H23ClN4O3. The molecule has 1 aliphatic heterocycles. The maximum atomic E-state index is 12.2. The average molecular weight is 415 g/mol. The third-order valence-corrected chi connectivity index (χ3v) is 4.77. The van der Waals surface area contributed by atoms with Gasteiger partial charge in [-0.05, 0) is 38.8 Å². The van der Waals surface area contributed by atoms with E-state index in [2.05, 4.69) is 20.0 Å². The second kappa shape index (κ2) is 8.26. The first-order valence-electron chi connectivity index (χ1n) is 9.42. The van der Waals surface area contributed by atoms with Crippen LogP contribution in [0.2, 0.25) is 5.02 Å². The summed E-state index contributed by atoms with van der Waals surface area (Å²) >= 11 is 6.48. The van der Waals surface area contributed by atoms with E-state index in [0.29, 0.717) is 22.8 Å². The molecule has 1 N–H and O–H groups in total. The summed E-state index contributed by atoms with van der Waals surface area (Å²) in [4.78, 5) is 20.7. The predicted molar refractivity (Wildman–Crippen MR) is 111 cm³/mol. The Labute approximate surface area is 174 Å². The maximum absolute atomic E-state index is 12.2. The highest BCUT2D eigenvalue weighted by Crippen LogP contribution is 2.46. The SMILES string of the molecule is [C-]#[N+]C1C(CCC)=Nc2[nH]nc(OC(=O)OC(C)(C)C)c2C1c1ccccc1Cl. The van der Waals surface area contributed by atoms with Gasteiger partial charge in [0.25, 0.3) is 11.9 Å². The van der Waals surface area contributed by atoms with Crippen LogP contribution in [0.3, 0.4) is 0 Å². The van der Waals surface area contributed by atoms with Crippen molar-refractivity contribution < 1.29 is 14.3 Å². The molecule has 0 saturated heterocycles. The number of halogens is 1. The largest absolute Gasteiger partial charge is 0.515 e. The fraction of sp³-hybridized carbons (Fsp3) is 0.429. The molecule has 0 saturated carbocycles. The molecule has 2 heterocycles. The average Bonchev–Trinajstić information content (AvgIpc) is 3.02. The topological polar surface area (TPSA) is 80.9 Å². The minimum absolute atomic E-state index is 0.0483. The van der Waals surface area contributed by atoms with Gasteiger partial charge >= 0.3 is 6.16 Å². The Bertz CT molecular complexity index is 985. The molecular weight excluding hydrogens is 392 g/mol. The molecule has 1 aromatic carbocycles. The van der Waals surface area contributed by atoms with Crippen LogP contribution in [0.4, 0.5) is 10.6 Å². The van der Waals surface area contributed by atoms with E-state index < -0.39 is 23.7 Å². The Morgan fingerprint density at radius 1 is 1.34 bits per heavy atom. The van der Waals surface area contributed by atoms with E-state index in [1.165, 1.54) is 0 Å². The third kappa shape index (κ3) is 4.43. The molecule has 1 aromatic heterocycles. The second-order valence-electron chi connectivity index (χ2n) is 7.78. The molecule has 2 atom stereocenters. The summed E-state index contributed by atoms with van der Waals surface area (Å²) in [5.41, 5.74) is 1.34. The van der Waals surface area contributed by atoms with Gasteiger partial charge in [0.2, 0.25) is 0 Å². The highest BCUT2D eigenvalue weighted by atomic mass is 35.5. The lowest BCUT2D eigenvalue weighted by Gasteiger charge is -2.25. The van der Waals surface area contributed by atoms with Crippen LogP contribution in [0.5, 0.6) is 5.88 Å². The van der Waals surface area contributed by atoms with Crippen LogP contribution in [0, 0.1) is 6.57 Å². The number of hydrogen-bond acceptors (Lipinski definition) is 5. The number of hydrogen-bond donors (Lipinski definition) is 1. The van der Waals surface area contributed by atoms with Crippen LogP contribution in [0.25, 0.3) is 4.85 Å². The zero-order chi connectivity index (χ0) is 21.2. The van der Waals surface area contributed by atoms with Crippen molar-refractivity contribution >= 4 is 29.3 Å². The van der Waals surface area contributed by atoms with Crippen LogP contribution in [0.1, 0.15) is 57.6 Å². The second-order valence-corrected chi connectivity index (χ2v) is 8.19. The van der Waals surface area contributed by atoms with Crippen molar-refractivity contribution in [2.24, 2.45) is 4.99 Å². The molecule has 0 fully saturated rings. The van der Waals surface area contributed by atoms with E-state index in [1.807, 2.05) is 25.1 Å². The number of aliphatic imine (C=N–C) groups is 1. The van der Waals surface area contributed by atoms with Gasteiger partial charge in [-0.1, -0.05) is 43.1 Å². The molecule has 152 valence electrons. The van der Waals surface area contributed by atoms with Gasteiger partial charge in [0, 0.05) is 5.02 Å². The van der Waals surface area contributed by atoms with Crippen molar-refractivity contribution in [3.63, 3.8) is 0 Å². The van der Waals surface area contributed by atoms with Crippen LogP contribution < -0.4 is 4.74 Å². The number of carbonyl (C=O) groups is 1. The van der Waals surface area contributed by atoms with E-state index in [4.69, 9.17) is 27.6 Å². The first-order valence-corrected chi connectivity index (χ1v) is 9.80. The standard InChI is InChI=1S/C21H23ClN4O3/c1-6-9-14-17(23-5)15(12-10-7-8-11-13(12)22)16-18(24-14)25-26-19(16)28-20(27)29-21(2,3)4/h7-8,10-11,15,17H,6,9H2,1-4H3,(H,25,26). The maximum Gasteiger partial charge on any atom is 0.515 e. The number of ether oxygens (including phenoxy) is 2. The Kier molecular flexibility index (Phi) is 5.94. The summed E-state index contributed by atoms with van der Waals surface area (Å²) in [6.07, 6.45) is 0.659. The van der Waals surface area contributed by atoms with Crippen molar-refractivity contribution in [2.75, 3.05) is 0 Å². The zero-order valence-electron chi connectivity index (χ0n) is 16.8. The third-order valence-electron chi connectivity index (χ3n) is 4.43. The monoisotopic (exact) mass is 414 g/mol. The number of benzene rings is 1. The van der Waals surface area contributed by atoms with Crippen LogP contribution in [-0.2, 0) is 4.74 Å². The lowest BCUT2D eigenvalue weighted by Crippen LogP contribution is -2.30. The highest BCUT2D eigenvalue weighted by molar-refractivity contribution is 6.31. The molecule has 29 heavy (non-hydrogen) atoms. The molecule has 1 aliphatic rings. The van der Waals surface area contributed by atoms with Crippen molar-refractivity contribution in [3.8, 4) is 5.88 Å². The molecule has 8 heteroatoms. The Morgan fingerprint density at radius 3 is 2.69 bits per heavy atom. The van der Waals surface area contributed by atoms with Gasteiger partial charge in [-0.2, -0.15) is 0 Å². The number of carbonyl (C=O) groups excluding carboxylic acids is 1. The molecule has 2 aromatic rings. The minimum Gasteiger partial charge on any atom is -0.428 e. The highest BCUT2D eigenvalue weighted by Gasteiger charge is 2.43. The number of aromatic amines is 1. The minimum atomic E-state index is -0.868. The van der Waals surface area contributed by atoms with E-state index in [9.17, 15) is 4.79 Å². The molecule has 0 radical (unpaired) electrons. The number of fused-ring (bicyclic) bond motifs is 1. The van der Waals surface area contributed by atoms with Crippen molar-refractivity contribution in [2.45, 2.75) is 58.1 Å². The summed E-state index contributed by atoms with van der Waals surface area (Å²) < 4.78 is 10.6. The number of rotatable bonds is 4. The van der Waals surface area contributed by atoms with Crippen molar-refractivity contribution in [1.82, 2.24) is 10.2 Å². The van der Waals surface area contributed by atoms with Gasteiger partial charge < -0.3 is 14.3 Å². The summed E-state index contributed by atoms with van der Waals surface area (Å²) in [5.74, 6) is 0.0513. The number of nitrogens with zero attached hydrogens (tertiary/aromatic N) is 3. The first kappa shape index (κ1) is 20.9. The summed E-state index contributed by atoms with van der Waals surface area (Å²) in [5, 5.41) is 7.49. The number of aromatic nitrogens is 2. The first-order chi connectivity index (χ1) is 13.7. The zero-order valence-corrected chi connectivity index (χ0v) is 17.6. The van der Waals surface area contributed by atoms with Gasteiger partial charge in [-0.15, -0.1) is 5.10 Å². The molecule has 7 nitrogen and oxygen atoms in total. The van der Waals surface area contributed by atoms with Crippen LogP contribution in [-0.4, -0.2) is 33.7 Å². The van der Waals surface area contributed by atoms with Crippen molar-refractivity contribution in [3.05, 3.63) is 51.8 Å². The molecule has 0 aliphatic carbocycles. The molecule has 0 spiro atoms. The quantitative estimate of drug-likeness (QED) is 0.515. The fourth-order valence-corrected chi connectivity index (χ4v) is 3.59. The van der Waals surface area contributed by atoms with Gasteiger partial charge in [-0.25, -0.2) is 16.4 Å².